The molecule has 5 nitrogen and oxygen atoms in total. The van der Waals surface area contributed by atoms with E-state index < -0.39 is 5.54 Å². The largest absolute Gasteiger partial charge is 0.394 e. The number of nitrogens with zero attached hydrogens (tertiary/aromatic N) is 1. The van der Waals surface area contributed by atoms with E-state index in [4.69, 9.17) is 0 Å². The van der Waals surface area contributed by atoms with Crippen molar-refractivity contribution in [2.24, 2.45) is 11.8 Å². The first-order chi connectivity index (χ1) is 11.0. The molecule has 0 radical (unpaired) electrons. The molecule has 1 heterocycles. The van der Waals surface area contributed by atoms with Crippen molar-refractivity contribution in [2.45, 2.75) is 38.3 Å². The number of carbonyl (C=O) groups is 2. The molecule has 2 unspecified atom stereocenters. The Labute approximate surface area is 136 Å². The Morgan fingerprint density at radius 3 is 2.65 bits per heavy atom. The summed E-state index contributed by atoms with van der Waals surface area (Å²) in [5.74, 6) is -0.0618. The molecule has 2 amide bonds. The number of hydrogen-bond donors (Lipinski definition) is 2. The summed E-state index contributed by atoms with van der Waals surface area (Å²) in [6, 6.07) is 9.80. The molecule has 0 aromatic heterocycles. The van der Waals surface area contributed by atoms with Crippen LogP contribution in [-0.2, 0) is 16.1 Å². The van der Waals surface area contributed by atoms with Crippen molar-refractivity contribution in [1.82, 2.24) is 10.2 Å². The number of aliphatic hydroxyl groups is 1. The number of nitrogens with one attached hydrogen (secondary N) is 1. The third-order valence-corrected chi connectivity index (χ3v) is 5.02. The first-order valence-corrected chi connectivity index (χ1v) is 8.26. The summed E-state index contributed by atoms with van der Waals surface area (Å²) in [5, 5.41) is 12.6. The maximum atomic E-state index is 12.5. The van der Waals surface area contributed by atoms with Crippen LogP contribution in [0.4, 0.5) is 0 Å². The van der Waals surface area contributed by atoms with Crippen molar-refractivity contribution in [2.75, 3.05) is 13.2 Å². The van der Waals surface area contributed by atoms with E-state index in [1.807, 2.05) is 37.3 Å². The zero-order valence-electron chi connectivity index (χ0n) is 13.5. The highest BCUT2D eigenvalue weighted by Gasteiger charge is 2.44. The molecule has 0 bridgehead atoms. The average molecular weight is 316 g/mol. The van der Waals surface area contributed by atoms with E-state index in [0.717, 1.165) is 18.4 Å². The topological polar surface area (TPSA) is 69.6 Å². The highest BCUT2D eigenvalue weighted by atomic mass is 16.3. The van der Waals surface area contributed by atoms with Gasteiger partial charge in [0, 0.05) is 19.5 Å². The van der Waals surface area contributed by atoms with E-state index in [2.05, 4.69) is 5.32 Å². The summed E-state index contributed by atoms with van der Waals surface area (Å²) >= 11 is 0. The molecule has 2 N–H and O–H groups in total. The Hall–Kier alpha value is -1.88. The molecular weight excluding hydrogens is 292 g/mol. The van der Waals surface area contributed by atoms with E-state index >= 15 is 0 Å². The molecule has 23 heavy (non-hydrogen) atoms. The zero-order chi connectivity index (χ0) is 16.4. The van der Waals surface area contributed by atoms with Crippen molar-refractivity contribution < 1.29 is 14.7 Å². The molecule has 1 aromatic rings. The van der Waals surface area contributed by atoms with Crippen molar-refractivity contribution in [3.63, 3.8) is 0 Å². The Morgan fingerprint density at radius 2 is 2.04 bits per heavy atom. The fourth-order valence-corrected chi connectivity index (χ4v) is 3.28. The minimum atomic E-state index is -0.549. The van der Waals surface area contributed by atoms with E-state index in [1.165, 1.54) is 0 Å². The average Bonchev–Trinajstić information content (AvgIpc) is 3.34. The van der Waals surface area contributed by atoms with Gasteiger partial charge in [0.05, 0.1) is 18.1 Å². The van der Waals surface area contributed by atoms with Gasteiger partial charge in [-0.3, -0.25) is 9.59 Å². The standard InChI is InChI=1S/C18H24N2O3/c1-18(12-21,15-7-8-15)19-17(23)14-9-16(22)20(11-14)10-13-5-3-2-4-6-13/h2-6,14-15,21H,7-12H2,1H3,(H,19,23). The van der Waals surface area contributed by atoms with Gasteiger partial charge in [0.1, 0.15) is 0 Å². The Balaban J connectivity index is 1.59. The van der Waals surface area contributed by atoms with Gasteiger partial charge in [-0.25, -0.2) is 0 Å². The normalized spacial score (nSPS) is 23.7. The quantitative estimate of drug-likeness (QED) is 0.831. The SMILES string of the molecule is CC(CO)(NC(=O)C1CC(=O)N(Cc2ccccc2)C1)C1CC1. The summed E-state index contributed by atoms with van der Waals surface area (Å²) in [7, 11) is 0. The van der Waals surface area contributed by atoms with Crippen LogP contribution < -0.4 is 5.32 Å². The first-order valence-electron chi connectivity index (χ1n) is 8.26. The van der Waals surface area contributed by atoms with E-state index in [0.29, 0.717) is 19.0 Å². The van der Waals surface area contributed by atoms with Crippen molar-refractivity contribution >= 4 is 11.8 Å². The van der Waals surface area contributed by atoms with Crippen molar-refractivity contribution in [3.8, 4) is 0 Å². The lowest BCUT2D eigenvalue weighted by Gasteiger charge is -2.30. The Morgan fingerprint density at radius 1 is 1.35 bits per heavy atom. The number of amides is 2. The second kappa shape index (κ2) is 6.32. The molecular formula is C18H24N2O3. The predicted octanol–water partition coefficient (Wildman–Crippen LogP) is 1.31. The van der Waals surface area contributed by atoms with Gasteiger partial charge >= 0.3 is 0 Å². The molecule has 2 aliphatic rings. The second-order valence-electron chi connectivity index (χ2n) is 7.00. The van der Waals surface area contributed by atoms with Gasteiger partial charge in [-0.1, -0.05) is 30.3 Å². The fourth-order valence-electron chi connectivity index (χ4n) is 3.28. The zero-order valence-corrected chi connectivity index (χ0v) is 13.5. The molecule has 2 atom stereocenters. The maximum Gasteiger partial charge on any atom is 0.225 e. The van der Waals surface area contributed by atoms with Gasteiger partial charge in [-0.15, -0.1) is 0 Å². The summed E-state index contributed by atoms with van der Waals surface area (Å²) in [6.45, 7) is 2.83. The van der Waals surface area contributed by atoms with Crippen LogP contribution in [0.5, 0.6) is 0 Å². The highest BCUT2D eigenvalue weighted by Crippen LogP contribution is 2.39. The summed E-state index contributed by atoms with van der Waals surface area (Å²) in [5.41, 5.74) is 0.521. The number of carbonyl (C=O) groups excluding carboxylic acids is 2. The van der Waals surface area contributed by atoms with Crippen LogP contribution in [0.3, 0.4) is 0 Å². The molecule has 124 valence electrons. The molecule has 1 aliphatic carbocycles. The number of aliphatic hydroxyl groups excluding tert-OH is 1. The van der Waals surface area contributed by atoms with Gasteiger partial charge < -0.3 is 15.3 Å². The van der Waals surface area contributed by atoms with Crippen LogP contribution in [0.25, 0.3) is 0 Å². The number of benzene rings is 1. The van der Waals surface area contributed by atoms with Crippen LogP contribution in [0.2, 0.25) is 0 Å². The minimum absolute atomic E-state index is 0.0196. The first kappa shape index (κ1) is 16.0. The van der Waals surface area contributed by atoms with Gasteiger partial charge in [-0.2, -0.15) is 0 Å². The van der Waals surface area contributed by atoms with Crippen LogP contribution in [0.1, 0.15) is 31.7 Å². The van der Waals surface area contributed by atoms with Crippen LogP contribution in [-0.4, -0.2) is 40.5 Å². The Bertz CT molecular complexity index is 585. The van der Waals surface area contributed by atoms with Gasteiger partial charge in [0.2, 0.25) is 11.8 Å². The molecule has 5 heteroatoms. The van der Waals surface area contributed by atoms with Gasteiger partial charge in [-0.05, 0) is 31.2 Å². The lowest BCUT2D eigenvalue weighted by Crippen LogP contribution is -2.52. The summed E-state index contributed by atoms with van der Waals surface area (Å²) < 4.78 is 0. The van der Waals surface area contributed by atoms with E-state index in [9.17, 15) is 14.7 Å². The molecule has 3 rings (SSSR count). The molecule has 1 aromatic carbocycles. The summed E-state index contributed by atoms with van der Waals surface area (Å²) in [4.78, 5) is 26.4. The second-order valence-corrected chi connectivity index (χ2v) is 7.00. The molecule has 1 aliphatic heterocycles. The lowest BCUT2D eigenvalue weighted by molar-refractivity contribution is -0.130. The molecule has 1 saturated heterocycles. The predicted molar refractivity (Wildman–Crippen MR) is 86.3 cm³/mol. The number of rotatable bonds is 6. The van der Waals surface area contributed by atoms with E-state index in [-0.39, 0.29) is 30.8 Å². The monoisotopic (exact) mass is 316 g/mol. The minimum Gasteiger partial charge on any atom is -0.394 e. The number of likely N-dealkylation sites (tertiary alicyclic amines) is 1. The van der Waals surface area contributed by atoms with Gasteiger partial charge in [0.25, 0.3) is 0 Å². The fraction of sp³-hybridized carbons (Fsp3) is 0.556. The highest BCUT2D eigenvalue weighted by molar-refractivity contribution is 5.89. The molecule has 0 spiro atoms. The van der Waals surface area contributed by atoms with Crippen molar-refractivity contribution in [3.05, 3.63) is 35.9 Å². The van der Waals surface area contributed by atoms with Crippen molar-refractivity contribution in [1.29, 1.82) is 0 Å². The lowest BCUT2D eigenvalue weighted by atomic mass is 9.95. The van der Waals surface area contributed by atoms with E-state index in [1.54, 1.807) is 4.90 Å². The third kappa shape index (κ3) is 3.55. The van der Waals surface area contributed by atoms with Crippen LogP contribution >= 0.6 is 0 Å². The summed E-state index contributed by atoms with van der Waals surface area (Å²) in [6.07, 6.45) is 2.34. The maximum absolute atomic E-state index is 12.5. The van der Waals surface area contributed by atoms with Crippen LogP contribution in [0, 0.1) is 11.8 Å². The third-order valence-electron chi connectivity index (χ3n) is 5.02. The number of hydrogen-bond acceptors (Lipinski definition) is 3. The Kier molecular flexibility index (Phi) is 4.39. The van der Waals surface area contributed by atoms with Crippen LogP contribution in [0.15, 0.2) is 30.3 Å². The van der Waals surface area contributed by atoms with Gasteiger partial charge in [0.15, 0.2) is 0 Å². The molecule has 1 saturated carbocycles. The molecule has 2 fully saturated rings. The smallest absolute Gasteiger partial charge is 0.225 e.